The second-order valence-electron chi connectivity index (χ2n) is 1.84. The minimum absolute atomic E-state index is 1.11. The zero-order valence-electron chi connectivity index (χ0n) is 5.09. The van der Waals surface area contributed by atoms with Crippen molar-refractivity contribution in [1.82, 2.24) is 0 Å². The Hall–Kier alpha value is -0.780. The zero-order chi connectivity index (χ0) is 5.82. The summed E-state index contributed by atoms with van der Waals surface area (Å²) in [5, 5.41) is 0. The average Bonchev–Trinajstić information content (AvgIpc) is 2.19. The summed E-state index contributed by atoms with van der Waals surface area (Å²) in [5.74, 6) is 0. The van der Waals surface area contributed by atoms with Crippen molar-refractivity contribution < 1.29 is 0 Å². The lowest BCUT2D eigenvalue weighted by Crippen LogP contribution is -1.60. The highest BCUT2D eigenvalue weighted by atomic mass is 13.9. The smallest absolute Gasteiger partial charge is 0.0157 e. The van der Waals surface area contributed by atoms with Gasteiger partial charge in [-0.1, -0.05) is 30.4 Å². The van der Waals surface area contributed by atoms with E-state index in [0.717, 1.165) is 6.42 Å². The summed E-state index contributed by atoms with van der Waals surface area (Å²) < 4.78 is 0. The van der Waals surface area contributed by atoms with Crippen LogP contribution < -0.4 is 0 Å². The molecule has 8 heavy (non-hydrogen) atoms. The Morgan fingerprint density at radius 2 is 2.50 bits per heavy atom. The molecule has 0 spiro atoms. The predicted octanol–water partition coefficient (Wildman–Crippen LogP) is 2.45. The maximum atomic E-state index is 2.21. The molecule has 0 N–H and O–H groups in total. The van der Waals surface area contributed by atoms with Crippen molar-refractivity contribution in [2.75, 3.05) is 0 Å². The molecule has 1 aliphatic rings. The first-order valence-electron chi connectivity index (χ1n) is 2.93. The second-order valence-corrected chi connectivity index (χ2v) is 1.84. The minimum atomic E-state index is 1.11. The molecule has 0 radical (unpaired) electrons. The first-order chi connectivity index (χ1) is 3.93. The van der Waals surface area contributed by atoms with Crippen molar-refractivity contribution >= 4 is 0 Å². The molecule has 1 aliphatic carbocycles. The monoisotopic (exact) mass is 106 g/mol. The normalized spacial score (nSPS) is 17.9. The molecule has 0 saturated carbocycles. The van der Waals surface area contributed by atoms with Gasteiger partial charge in [-0.2, -0.15) is 0 Å². The van der Waals surface area contributed by atoms with Crippen LogP contribution in [0.1, 0.15) is 13.3 Å². The Morgan fingerprint density at radius 1 is 1.62 bits per heavy atom. The number of allylic oxidation sites excluding steroid dienone is 6. The summed E-state index contributed by atoms with van der Waals surface area (Å²) in [5.41, 5.74) is 1.34. The van der Waals surface area contributed by atoms with Gasteiger partial charge in [-0.25, -0.2) is 0 Å². The molecule has 0 nitrogen and oxygen atoms in total. The lowest BCUT2D eigenvalue weighted by Gasteiger charge is -1.80. The van der Waals surface area contributed by atoms with Crippen molar-refractivity contribution in [3.8, 4) is 0 Å². The largest absolute Gasteiger partial charge is 0.0871 e. The van der Waals surface area contributed by atoms with Gasteiger partial charge in [0.25, 0.3) is 0 Å². The molecule has 0 aliphatic heterocycles. The molecular formula is C8H10. The van der Waals surface area contributed by atoms with Crippen LogP contribution in [0.25, 0.3) is 0 Å². The van der Waals surface area contributed by atoms with E-state index in [9.17, 15) is 0 Å². The fraction of sp³-hybridized carbons (Fsp3) is 0.250. The maximum absolute atomic E-state index is 2.21. The highest BCUT2D eigenvalue weighted by molar-refractivity contribution is 5.35. The topological polar surface area (TPSA) is 0 Å². The van der Waals surface area contributed by atoms with E-state index < -0.39 is 0 Å². The third-order valence-electron chi connectivity index (χ3n) is 1.16. The molecular weight excluding hydrogens is 96.1 g/mol. The third kappa shape index (κ3) is 1.09. The lowest BCUT2D eigenvalue weighted by atomic mass is 10.3. The molecule has 0 bridgehead atoms. The highest BCUT2D eigenvalue weighted by Crippen LogP contribution is 2.08. The van der Waals surface area contributed by atoms with E-state index in [-0.39, 0.29) is 0 Å². The molecule has 0 unspecified atom stereocenters. The summed E-state index contributed by atoms with van der Waals surface area (Å²) in [6.45, 7) is 2.03. The van der Waals surface area contributed by atoms with Crippen LogP contribution >= 0.6 is 0 Å². The molecule has 0 saturated heterocycles. The van der Waals surface area contributed by atoms with E-state index in [1.807, 2.05) is 6.92 Å². The third-order valence-corrected chi connectivity index (χ3v) is 1.16. The molecule has 1 rings (SSSR count). The summed E-state index contributed by atoms with van der Waals surface area (Å²) in [7, 11) is 0. The van der Waals surface area contributed by atoms with E-state index in [1.165, 1.54) is 5.57 Å². The van der Waals surface area contributed by atoms with E-state index in [1.54, 1.807) is 0 Å². The van der Waals surface area contributed by atoms with Crippen molar-refractivity contribution in [3.63, 3.8) is 0 Å². The first-order valence-corrected chi connectivity index (χ1v) is 2.93. The van der Waals surface area contributed by atoms with Crippen LogP contribution in [0.3, 0.4) is 0 Å². The Balaban J connectivity index is 2.58. The lowest BCUT2D eigenvalue weighted by molar-refractivity contribution is 1.44. The van der Waals surface area contributed by atoms with Crippen LogP contribution in [-0.4, -0.2) is 0 Å². The first kappa shape index (κ1) is 5.36. The van der Waals surface area contributed by atoms with Crippen molar-refractivity contribution in [1.29, 1.82) is 0 Å². The fourth-order valence-corrected chi connectivity index (χ4v) is 0.792. The molecule has 0 amide bonds. The Morgan fingerprint density at radius 3 is 3.00 bits per heavy atom. The predicted molar refractivity (Wildman–Crippen MR) is 36.7 cm³/mol. The minimum Gasteiger partial charge on any atom is -0.0871 e. The summed E-state index contributed by atoms with van der Waals surface area (Å²) in [6.07, 6.45) is 11.8. The van der Waals surface area contributed by atoms with Gasteiger partial charge in [0.15, 0.2) is 0 Å². The molecule has 0 aromatic rings. The van der Waals surface area contributed by atoms with Crippen LogP contribution in [0.2, 0.25) is 0 Å². The SMILES string of the molecule is C/C=C\C1=CCC=C1. The molecule has 0 aromatic heterocycles. The van der Waals surface area contributed by atoms with Gasteiger partial charge in [0.1, 0.15) is 0 Å². The molecule has 0 aromatic carbocycles. The Bertz CT molecular complexity index is 147. The van der Waals surface area contributed by atoms with Gasteiger partial charge in [0, 0.05) is 0 Å². The van der Waals surface area contributed by atoms with E-state index in [2.05, 4.69) is 30.4 Å². The van der Waals surface area contributed by atoms with Gasteiger partial charge in [0.2, 0.25) is 0 Å². The summed E-state index contributed by atoms with van der Waals surface area (Å²) >= 11 is 0. The van der Waals surface area contributed by atoms with Crippen LogP contribution in [0.5, 0.6) is 0 Å². The Labute approximate surface area is 50.2 Å². The van der Waals surface area contributed by atoms with Gasteiger partial charge in [0.05, 0.1) is 0 Å². The van der Waals surface area contributed by atoms with Gasteiger partial charge >= 0.3 is 0 Å². The zero-order valence-corrected chi connectivity index (χ0v) is 5.09. The molecule has 0 atom stereocenters. The number of hydrogen-bond donors (Lipinski definition) is 0. The van der Waals surface area contributed by atoms with Crippen molar-refractivity contribution in [2.24, 2.45) is 0 Å². The van der Waals surface area contributed by atoms with Crippen LogP contribution in [0.4, 0.5) is 0 Å². The molecule has 0 heterocycles. The van der Waals surface area contributed by atoms with E-state index in [4.69, 9.17) is 0 Å². The summed E-state index contributed by atoms with van der Waals surface area (Å²) in [4.78, 5) is 0. The van der Waals surface area contributed by atoms with Gasteiger partial charge < -0.3 is 0 Å². The van der Waals surface area contributed by atoms with Gasteiger partial charge in [-0.05, 0) is 18.9 Å². The molecule has 0 heteroatoms. The summed E-state index contributed by atoms with van der Waals surface area (Å²) in [6, 6.07) is 0. The molecule has 42 valence electrons. The quantitative estimate of drug-likeness (QED) is 0.481. The Kier molecular flexibility index (Phi) is 1.68. The van der Waals surface area contributed by atoms with Crippen molar-refractivity contribution in [3.05, 3.63) is 36.0 Å². The average molecular weight is 106 g/mol. The number of rotatable bonds is 1. The maximum Gasteiger partial charge on any atom is -0.0157 e. The van der Waals surface area contributed by atoms with Crippen LogP contribution in [0, 0.1) is 0 Å². The highest BCUT2D eigenvalue weighted by Gasteiger charge is 1.88. The van der Waals surface area contributed by atoms with E-state index >= 15 is 0 Å². The van der Waals surface area contributed by atoms with Crippen LogP contribution in [0.15, 0.2) is 36.0 Å². The van der Waals surface area contributed by atoms with E-state index in [0.29, 0.717) is 0 Å². The van der Waals surface area contributed by atoms with Gasteiger partial charge in [-0.3, -0.25) is 0 Å². The van der Waals surface area contributed by atoms with Crippen LogP contribution in [-0.2, 0) is 0 Å². The molecule has 0 fully saturated rings. The van der Waals surface area contributed by atoms with Gasteiger partial charge in [-0.15, -0.1) is 0 Å². The van der Waals surface area contributed by atoms with Crippen molar-refractivity contribution in [2.45, 2.75) is 13.3 Å². The fourth-order valence-electron chi connectivity index (χ4n) is 0.792. The standard InChI is InChI=1S/C8H10/c1-2-5-8-6-3-4-7-8/h2-3,5-7H,4H2,1H3/b5-2-. The number of hydrogen-bond acceptors (Lipinski definition) is 0. The second kappa shape index (κ2) is 2.51.